The molecular weight excluding hydrogens is 543 g/mol. The molecule has 0 amide bonds. The minimum atomic E-state index is -4.35. The van der Waals surface area contributed by atoms with Crippen molar-refractivity contribution >= 4 is 11.5 Å². The zero-order valence-corrected chi connectivity index (χ0v) is 23.9. The Kier molecular flexibility index (Phi) is 8.67. The Balaban J connectivity index is 1.37. The average Bonchev–Trinajstić information content (AvgIpc) is 3.27. The van der Waals surface area contributed by atoms with Gasteiger partial charge >= 0.3 is 6.18 Å². The lowest BCUT2D eigenvalue weighted by Gasteiger charge is -2.34. The molecule has 0 aromatic heterocycles. The third-order valence-electron chi connectivity index (χ3n) is 8.75. The summed E-state index contributed by atoms with van der Waals surface area (Å²) >= 11 is 0. The van der Waals surface area contributed by atoms with E-state index in [-0.39, 0.29) is 29.5 Å². The van der Waals surface area contributed by atoms with E-state index in [1.54, 1.807) is 30.3 Å². The zero-order valence-electron chi connectivity index (χ0n) is 23.9. The molecule has 2 aliphatic rings. The van der Waals surface area contributed by atoms with Gasteiger partial charge in [-0.25, -0.2) is 13.8 Å². The Hall–Kier alpha value is -3.74. The smallest absolute Gasteiger partial charge is 0.349 e. The molecule has 1 heterocycles. The number of fused-ring (bicyclic) bond motifs is 1. The van der Waals surface area contributed by atoms with Crippen molar-refractivity contribution in [3.8, 4) is 0 Å². The minimum Gasteiger partial charge on any atom is -0.349 e. The van der Waals surface area contributed by atoms with Gasteiger partial charge in [0.1, 0.15) is 17.5 Å². The fourth-order valence-corrected chi connectivity index (χ4v) is 6.01. The molecule has 0 bridgehead atoms. The summed E-state index contributed by atoms with van der Waals surface area (Å²) in [7, 11) is 0. The van der Waals surface area contributed by atoms with Gasteiger partial charge in [0, 0.05) is 23.7 Å². The third-order valence-corrected chi connectivity index (χ3v) is 8.75. The van der Waals surface area contributed by atoms with Crippen LogP contribution < -0.4 is 0 Å². The molecule has 3 atom stereocenters. The second kappa shape index (κ2) is 12.2. The summed E-state index contributed by atoms with van der Waals surface area (Å²) in [4.78, 5) is 7.22. The maximum Gasteiger partial charge on any atom is 0.416 e. The molecule has 0 saturated heterocycles. The number of benzene rings is 3. The molecule has 3 aromatic rings. The molecule has 1 aliphatic carbocycles. The van der Waals surface area contributed by atoms with Crippen molar-refractivity contribution in [1.82, 2.24) is 4.90 Å². The van der Waals surface area contributed by atoms with Crippen molar-refractivity contribution in [2.45, 2.75) is 58.2 Å². The monoisotopic (exact) mass is 578 g/mol. The molecule has 0 fully saturated rings. The standard InChI is InChI=1S/C35H35F5N2/c1-22(24(3)25-5-7-26-9-14-30(35(38,39)40)20-29(26)8-6-25)21-42-23(2)4-19-33(27-10-15-31(36)16-11-27)41-34(42)28-12-17-32(37)18-13-28/h9-20,23-25H,1,4-8,21H2,2-3H3. The van der Waals surface area contributed by atoms with Crippen LogP contribution in [0.3, 0.4) is 0 Å². The van der Waals surface area contributed by atoms with Gasteiger partial charge in [-0.1, -0.05) is 31.2 Å². The van der Waals surface area contributed by atoms with Gasteiger partial charge in [-0.05, 0) is 123 Å². The molecular formula is C35H35F5N2. The Morgan fingerprint density at radius 3 is 2.12 bits per heavy atom. The van der Waals surface area contributed by atoms with Crippen LogP contribution in [0.25, 0.3) is 5.70 Å². The van der Waals surface area contributed by atoms with Crippen LogP contribution >= 0.6 is 0 Å². The first kappa shape index (κ1) is 29.7. The van der Waals surface area contributed by atoms with Gasteiger partial charge in [-0.2, -0.15) is 13.2 Å². The number of rotatable bonds is 6. The predicted molar refractivity (Wildman–Crippen MR) is 158 cm³/mol. The quantitative estimate of drug-likeness (QED) is 0.162. The van der Waals surface area contributed by atoms with Crippen LogP contribution in [0.5, 0.6) is 0 Å². The predicted octanol–water partition coefficient (Wildman–Crippen LogP) is 9.25. The largest absolute Gasteiger partial charge is 0.416 e. The number of aryl methyl sites for hydroxylation is 2. The van der Waals surface area contributed by atoms with Crippen LogP contribution in [0, 0.1) is 23.5 Å². The summed E-state index contributed by atoms with van der Waals surface area (Å²) < 4.78 is 67.4. The van der Waals surface area contributed by atoms with Crippen LogP contribution in [0.2, 0.25) is 0 Å². The first-order valence-corrected chi connectivity index (χ1v) is 14.4. The van der Waals surface area contributed by atoms with Crippen LogP contribution in [-0.4, -0.2) is 23.3 Å². The number of hydrogen-bond donors (Lipinski definition) is 0. The van der Waals surface area contributed by atoms with Crippen molar-refractivity contribution in [1.29, 1.82) is 0 Å². The molecule has 5 rings (SSSR count). The van der Waals surface area contributed by atoms with Crippen LogP contribution in [-0.2, 0) is 19.0 Å². The molecule has 0 N–H and O–H groups in total. The molecule has 220 valence electrons. The third kappa shape index (κ3) is 6.66. The number of aliphatic imine (C=N–C) groups is 1. The van der Waals surface area contributed by atoms with Gasteiger partial charge in [0.05, 0.1) is 11.3 Å². The highest BCUT2D eigenvalue weighted by Gasteiger charge is 2.32. The lowest BCUT2D eigenvalue weighted by atomic mass is 9.82. The summed E-state index contributed by atoms with van der Waals surface area (Å²) in [5.74, 6) is 0.448. The number of alkyl halides is 3. The number of nitrogens with zero attached hydrogens (tertiary/aromatic N) is 2. The number of amidine groups is 1. The summed E-state index contributed by atoms with van der Waals surface area (Å²) in [6, 6.07) is 16.7. The Bertz CT molecular complexity index is 1490. The fourth-order valence-electron chi connectivity index (χ4n) is 6.01. The molecule has 7 heteroatoms. The van der Waals surface area contributed by atoms with Crippen molar-refractivity contribution in [3.63, 3.8) is 0 Å². The van der Waals surface area contributed by atoms with E-state index in [1.165, 1.54) is 36.4 Å². The molecule has 3 unspecified atom stereocenters. The van der Waals surface area contributed by atoms with E-state index in [4.69, 9.17) is 4.99 Å². The molecule has 0 saturated carbocycles. The lowest BCUT2D eigenvalue weighted by molar-refractivity contribution is -0.137. The first-order valence-electron chi connectivity index (χ1n) is 14.4. The fraction of sp³-hybridized carbons (Fsp3) is 0.343. The van der Waals surface area contributed by atoms with Gasteiger partial charge in [0.15, 0.2) is 0 Å². The Morgan fingerprint density at radius 1 is 0.905 bits per heavy atom. The summed E-state index contributed by atoms with van der Waals surface area (Å²) in [5.41, 5.74) is 4.50. The number of halogens is 5. The van der Waals surface area contributed by atoms with E-state index in [9.17, 15) is 22.0 Å². The van der Waals surface area contributed by atoms with Crippen LogP contribution in [0.4, 0.5) is 22.0 Å². The molecule has 3 aromatic carbocycles. The van der Waals surface area contributed by atoms with E-state index in [0.717, 1.165) is 52.8 Å². The minimum absolute atomic E-state index is 0.0508. The lowest BCUT2D eigenvalue weighted by Crippen LogP contribution is -2.40. The SMILES string of the molecule is C=C(CN1C(c2ccc(F)cc2)=NC(c2ccc(F)cc2)=CCC1C)C(C)C1CCc2ccc(C(F)(F)F)cc2CC1. The highest BCUT2D eigenvalue weighted by Crippen LogP contribution is 2.37. The van der Waals surface area contributed by atoms with Crippen LogP contribution in [0.1, 0.15) is 60.9 Å². The van der Waals surface area contributed by atoms with Crippen molar-refractivity contribution in [2.75, 3.05) is 6.54 Å². The van der Waals surface area contributed by atoms with Gasteiger partial charge in [0.2, 0.25) is 0 Å². The van der Waals surface area contributed by atoms with E-state index in [2.05, 4.69) is 25.3 Å². The zero-order chi connectivity index (χ0) is 30.0. The second-order valence-electron chi connectivity index (χ2n) is 11.5. The Morgan fingerprint density at radius 2 is 1.50 bits per heavy atom. The van der Waals surface area contributed by atoms with E-state index >= 15 is 0 Å². The highest BCUT2D eigenvalue weighted by atomic mass is 19.4. The summed E-state index contributed by atoms with van der Waals surface area (Å²) in [5, 5.41) is 0. The Labute approximate surface area is 244 Å². The highest BCUT2D eigenvalue weighted by molar-refractivity contribution is 6.02. The first-order chi connectivity index (χ1) is 20.0. The van der Waals surface area contributed by atoms with Gasteiger partial charge in [0.25, 0.3) is 0 Å². The molecule has 0 radical (unpaired) electrons. The van der Waals surface area contributed by atoms with Crippen LogP contribution in [0.15, 0.2) is 90.0 Å². The average molecular weight is 579 g/mol. The maximum absolute atomic E-state index is 13.9. The normalized spacial score (nSPS) is 20.1. The van der Waals surface area contributed by atoms with Gasteiger partial charge in [-0.15, -0.1) is 0 Å². The van der Waals surface area contributed by atoms with E-state index in [0.29, 0.717) is 25.2 Å². The van der Waals surface area contributed by atoms with E-state index in [1.807, 2.05) is 6.08 Å². The van der Waals surface area contributed by atoms with E-state index < -0.39 is 11.7 Å². The summed E-state index contributed by atoms with van der Waals surface area (Å²) in [6.07, 6.45) is 1.41. The topological polar surface area (TPSA) is 15.6 Å². The maximum atomic E-state index is 13.9. The van der Waals surface area contributed by atoms with Crippen molar-refractivity contribution < 1.29 is 22.0 Å². The molecule has 42 heavy (non-hydrogen) atoms. The summed E-state index contributed by atoms with van der Waals surface area (Å²) in [6.45, 7) is 9.28. The van der Waals surface area contributed by atoms with Crippen molar-refractivity contribution in [2.24, 2.45) is 16.8 Å². The van der Waals surface area contributed by atoms with Gasteiger partial charge in [-0.3, -0.25) is 0 Å². The molecule has 0 spiro atoms. The number of hydrogen-bond acceptors (Lipinski definition) is 2. The molecule has 2 nitrogen and oxygen atoms in total. The second-order valence-corrected chi connectivity index (χ2v) is 11.5. The van der Waals surface area contributed by atoms with Crippen molar-refractivity contribution in [3.05, 3.63) is 124 Å². The molecule has 1 aliphatic heterocycles. The van der Waals surface area contributed by atoms with Gasteiger partial charge < -0.3 is 4.90 Å².